The average molecular weight is 182 g/mol. The second-order valence-corrected chi connectivity index (χ2v) is 3.29. The molecule has 0 bridgehead atoms. The molecule has 0 aliphatic carbocycles. The fourth-order valence-corrected chi connectivity index (χ4v) is 1.15. The maximum atomic E-state index is 5.82. The molecule has 0 aliphatic rings. The van der Waals surface area contributed by atoms with Crippen molar-refractivity contribution in [3.8, 4) is 0 Å². The van der Waals surface area contributed by atoms with Crippen LogP contribution in [0.5, 0.6) is 0 Å². The lowest BCUT2D eigenvalue weighted by Crippen LogP contribution is -1.81. The second-order valence-electron chi connectivity index (χ2n) is 2.64. The molecule has 1 atom stereocenters. The van der Waals surface area contributed by atoms with Crippen molar-refractivity contribution in [3.63, 3.8) is 0 Å². The summed E-state index contributed by atoms with van der Waals surface area (Å²) >= 11 is 5.82. The van der Waals surface area contributed by atoms with Gasteiger partial charge >= 0.3 is 0 Å². The Bertz CT molecular complexity index is 361. The van der Waals surface area contributed by atoms with Crippen LogP contribution in [0.15, 0.2) is 28.7 Å². The van der Waals surface area contributed by atoms with Gasteiger partial charge in [-0.2, -0.15) is 0 Å². The molecule has 0 unspecified atom stereocenters. The third-order valence-electron chi connectivity index (χ3n) is 1.65. The summed E-state index contributed by atoms with van der Waals surface area (Å²) in [4.78, 5) is 4.21. The Kier molecular flexibility index (Phi) is 1.77. The molecule has 1 aromatic heterocycles. The first kappa shape index (κ1) is 7.62. The average Bonchev–Trinajstić information content (AvgIpc) is 2.46. The smallest absolute Gasteiger partial charge is 0.213 e. The zero-order valence-electron chi connectivity index (χ0n) is 6.62. The third-order valence-corrected chi connectivity index (χ3v) is 1.84. The van der Waals surface area contributed by atoms with Crippen molar-refractivity contribution in [2.45, 2.75) is 12.3 Å². The Morgan fingerprint density at radius 2 is 2.17 bits per heavy atom. The highest BCUT2D eigenvalue weighted by atomic mass is 35.5. The molecule has 1 heterocycles. The van der Waals surface area contributed by atoms with Gasteiger partial charge in [0.2, 0.25) is 5.89 Å². The van der Waals surface area contributed by atoms with Crippen LogP contribution in [0.1, 0.15) is 18.2 Å². The molecule has 0 saturated heterocycles. The third kappa shape index (κ3) is 1.18. The number of halogens is 1. The van der Waals surface area contributed by atoms with Crippen molar-refractivity contribution in [1.29, 1.82) is 0 Å². The molecule has 0 fully saturated rings. The number of para-hydroxylation sites is 2. The normalized spacial score (nSPS) is 13.5. The van der Waals surface area contributed by atoms with E-state index in [1.54, 1.807) is 0 Å². The number of nitrogens with zero attached hydrogens (tertiary/aromatic N) is 1. The Labute approximate surface area is 75.2 Å². The highest BCUT2D eigenvalue weighted by Crippen LogP contribution is 2.23. The van der Waals surface area contributed by atoms with Crippen molar-refractivity contribution in [1.82, 2.24) is 4.98 Å². The molecule has 2 rings (SSSR count). The van der Waals surface area contributed by atoms with Gasteiger partial charge in [-0.1, -0.05) is 12.1 Å². The fourth-order valence-electron chi connectivity index (χ4n) is 1.06. The molecule has 0 radical (unpaired) electrons. The first-order valence-corrected chi connectivity index (χ1v) is 4.20. The molecular formula is C9H8ClNO. The molecule has 0 spiro atoms. The van der Waals surface area contributed by atoms with Crippen LogP contribution in [0, 0.1) is 0 Å². The van der Waals surface area contributed by atoms with Crippen LogP contribution in [-0.2, 0) is 0 Å². The highest BCUT2D eigenvalue weighted by Gasteiger charge is 2.09. The van der Waals surface area contributed by atoms with Crippen LogP contribution in [0.2, 0.25) is 0 Å². The summed E-state index contributed by atoms with van der Waals surface area (Å²) in [5.41, 5.74) is 1.65. The van der Waals surface area contributed by atoms with E-state index in [9.17, 15) is 0 Å². The Hall–Kier alpha value is -1.02. The summed E-state index contributed by atoms with van der Waals surface area (Å²) in [7, 11) is 0. The molecule has 0 N–H and O–H groups in total. The standard InChI is InChI=1S/C9H8ClNO/c1-6(10)9-11-7-4-2-3-5-8(7)12-9/h2-6H,1H3/t6-/m1/s1. The van der Waals surface area contributed by atoms with Gasteiger partial charge in [-0.3, -0.25) is 0 Å². The maximum absolute atomic E-state index is 5.82. The minimum Gasteiger partial charge on any atom is -0.439 e. The highest BCUT2D eigenvalue weighted by molar-refractivity contribution is 6.20. The molecule has 12 heavy (non-hydrogen) atoms. The van der Waals surface area contributed by atoms with E-state index in [0.717, 1.165) is 11.1 Å². The Morgan fingerprint density at radius 3 is 2.83 bits per heavy atom. The van der Waals surface area contributed by atoms with Gasteiger partial charge in [-0.25, -0.2) is 4.98 Å². The first-order valence-electron chi connectivity index (χ1n) is 3.77. The van der Waals surface area contributed by atoms with E-state index in [4.69, 9.17) is 16.0 Å². The quantitative estimate of drug-likeness (QED) is 0.632. The van der Waals surface area contributed by atoms with Crippen LogP contribution < -0.4 is 0 Å². The summed E-state index contributed by atoms with van der Waals surface area (Å²) in [6, 6.07) is 7.62. The maximum Gasteiger partial charge on any atom is 0.213 e. The predicted octanol–water partition coefficient (Wildman–Crippen LogP) is 3.13. The van der Waals surface area contributed by atoms with E-state index in [2.05, 4.69) is 4.98 Å². The van der Waals surface area contributed by atoms with Gasteiger partial charge in [0.1, 0.15) is 10.9 Å². The van der Waals surface area contributed by atoms with Crippen molar-refractivity contribution >= 4 is 22.7 Å². The van der Waals surface area contributed by atoms with Crippen molar-refractivity contribution in [3.05, 3.63) is 30.2 Å². The number of alkyl halides is 1. The minimum atomic E-state index is -0.169. The number of fused-ring (bicyclic) bond motifs is 1. The molecule has 0 saturated carbocycles. The Morgan fingerprint density at radius 1 is 1.42 bits per heavy atom. The number of oxazole rings is 1. The Balaban J connectivity index is 2.62. The van der Waals surface area contributed by atoms with E-state index in [-0.39, 0.29) is 5.38 Å². The molecular weight excluding hydrogens is 174 g/mol. The summed E-state index contributed by atoms with van der Waals surface area (Å²) in [6.45, 7) is 1.84. The lowest BCUT2D eigenvalue weighted by molar-refractivity contribution is 0.531. The van der Waals surface area contributed by atoms with Gasteiger partial charge in [-0.05, 0) is 19.1 Å². The zero-order valence-corrected chi connectivity index (χ0v) is 7.38. The van der Waals surface area contributed by atoms with E-state index < -0.39 is 0 Å². The monoisotopic (exact) mass is 181 g/mol. The van der Waals surface area contributed by atoms with Crippen molar-refractivity contribution < 1.29 is 4.42 Å². The summed E-state index contributed by atoms with van der Waals surface area (Å²) in [5.74, 6) is 0.581. The summed E-state index contributed by atoms with van der Waals surface area (Å²) in [6.07, 6.45) is 0. The second kappa shape index (κ2) is 2.79. The summed E-state index contributed by atoms with van der Waals surface area (Å²) in [5, 5.41) is -0.169. The number of aromatic nitrogens is 1. The van der Waals surface area contributed by atoms with Gasteiger partial charge in [0.05, 0.1) is 0 Å². The van der Waals surface area contributed by atoms with Gasteiger partial charge in [0.15, 0.2) is 5.58 Å². The zero-order chi connectivity index (χ0) is 8.55. The largest absolute Gasteiger partial charge is 0.439 e. The van der Waals surface area contributed by atoms with Crippen molar-refractivity contribution in [2.75, 3.05) is 0 Å². The molecule has 0 amide bonds. The van der Waals surface area contributed by atoms with Crippen LogP contribution in [-0.4, -0.2) is 4.98 Å². The minimum absolute atomic E-state index is 0.169. The molecule has 62 valence electrons. The topological polar surface area (TPSA) is 26.0 Å². The van der Waals surface area contributed by atoms with Crippen LogP contribution in [0.25, 0.3) is 11.1 Å². The first-order chi connectivity index (χ1) is 5.77. The van der Waals surface area contributed by atoms with Gasteiger partial charge in [-0.15, -0.1) is 11.6 Å². The number of hydrogen-bond donors (Lipinski definition) is 0. The van der Waals surface area contributed by atoms with Crippen molar-refractivity contribution in [2.24, 2.45) is 0 Å². The predicted molar refractivity (Wildman–Crippen MR) is 48.3 cm³/mol. The van der Waals surface area contributed by atoms with E-state index >= 15 is 0 Å². The van der Waals surface area contributed by atoms with Crippen LogP contribution in [0.3, 0.4) is 0 Å². The molecule has 0 aliphatic heterocycles. The van der Waals surface area contributed by atoms with E-state index in [1.807, 2.05) is 31.2 Å². The molecule has 2 aromatic rings. The van der Waals surface area contributed by atoms with Gasteiger partial charge < -0.3 is 4.42 Å². The lowest BCUT2D eigenvalue weighted by atomic mass is 10.3. The molecule has 2 nitrogen and oxygen atoms in total. The van der Waals surface area contributed by atoms with E-state index in [0.29, 0.717) is 5.89 Å². The van der Waals surface area contributed by atoms with Crippen LogP contribution in [0.4, 0.5) is 0 Å². The van der Waals surface area contributed by atoms with E-state index in [1.165, 1.54) is 0 Å². The summed E-state index contributed by atoms with van der Waals surface area (Å²) < 4.78 is 5.39. The molecule has 3 heteroatoms. The number of rotatable bonds is 1. The molecule has 1 aromatic carbocycles. The van der Waals surface area contributed by atoms with Crippen LogP contribution >= 0.6 is 11.6 Å². The van der Waals surface area contributed by atoms with Gasteiger partial charge in [0.25, 0.3) is 0 Å². The fraction of sp³-hybridized carbons (Fsp3) is 0.222. The van der Waals surface area contributed by atoms with Gasteiger partial charge in [0, 0.05) is 0 Å². The SMILES string of the molecule is C[C@@H](Cl)c1nc2ccccc2o1. The lowest BCUT2D eigenvalue weighted by Gasteiger charge is -1.91. The number of benzene rings is 1. The number of hydrogen-bond acceptors (Lipinski definition) is 2.